The van der Waals surface area contributed by atoms with Gasteiger partial charge < -0.3 is 9.47 Å². The summed E-state index contributed by atoms with van der Waals surface area (Å²) in [7, 11) is 1.61. The molecule has 2 rings (SSSR count). The van der Waals surface area contributed by atoms with Gasteiger partial charge in [-0.1, -0.05) is 0 Å². The zero-order chi connectivity index (χ0) is 9.26. The number of hydrogen-bond acceptors (Lipinski definition) is 3. The van der Waals surface area contributed by atoms with E-state index >= 15 is 0 Å². The smallest absolute Gasteiger partial charge is 0.299 e. The topological polar surface area (TPSA) is 36.3 Å². The van der Waals surface area contributed by atoms with Crippen LogP contribution in [0.15, 0.2) is 10.8 Å². The Morgan fingerprint density at radius 3 is 3.23 bits per heavy atom. The van der Waals surface area contributed by atoms with Crippen molar-refractivity contribution in [3.05, 3.63) is 10.8 Å². The van der Waals surface area contributed by atoms with Crippen LogP contribution in [-0.4, -0.2) is 23.3 Å². The molecule has 1 saturated heterocycles. The summed E-state index contributed by atoms with van der Waals surface area (Å²) in [6, 6.07) is 0.596. The molecule has 0 saturated carbocycles. The van der Waals surface area contributed by atoms with Gasteiger partial charge in [0, 0.05) is 6.61 Å². The van der Waals surface area contributed by atoms with Gasteiger partial charge in [0.1, 0.15) is 10.8 Å². The second-order valence-electron chi connectivity index (χ2n) is 2.91. The zero-order valence-corrected chi connectivity index (χ0v) is 8.95. The van der Waals surface area contributed by atoms with Gasteiger partial charge in [0.2, 0.25) is 0 Å². The fourth-order valence-corrected chi connectivity index (χ4v) is 1.98. The van der Waals surface area contributed by atoms with Crippen molar-refractivity contribution < 1.29 is 9.47 Å². The maximum absolute atomic E-state index is 5.53. The molecule has 1 aromatic heterocycles. The molecule has 0 spiro atoms. The third-order valence-electron chi connectivity index (χ3n) is 2.09. The number of hydrogen-bond donors (Lipinski definition) is 0. The van der Waals surface area contributed by atoms with E-state index in [9.17, 15) is 0 Å². The Kier molecular flexibility index (Phi) is 2.55. The SMILES string of the molecule is COc1ncc(Br)n1C1CCCO1. The van der Waals surface area contributed by atoms with Crippen LogP contribution >= 0.6 is 15.9 Å². The Labute approximate surface area is 85.0 Å². The predicted molar refractivity (Wildman–Crippen MR) is 50.7 cm³/mol. The van der Waals surface area contributed by atoms with Crippen molar-refractivity contribution in [3.63, 3.8) is 0 Å². The van der Waals surface area contributed by atoms with Gasteiger partial charge in [0.15, 0.2) is 0 Å². The van der Waals surface area contributed by atoms with E-state index in [4.69, 9.17) is 9.47 Å². The number of nitrogens with zero attached hydrogens (tertiary/aromatic N) is 2. The van der Waals surface area contributed by atoms with Crippen LogP contribution in [0.5, 0.6) is 6.01 Å². The first kappa shape index (κ1) is 9.02. The van der Waals surface area contributed by atoms with Crippen molar-refractivity contribution in [2.24, 2.45) is 0 Å². The normalized spacial score (nSPS) is 22.2. The molecular formula is C8H11BrN2O2. The van der Waals surface area contributed by atoms with Crippen molar-refractivity contribution in [3.8, 4) is 6.01 Å². The molecule has 13 heavy (non-hydrogen) atoms. The molecule has 0 radical (unpaired) electrons. The third kappa shape index (κ3) is 1.58. The fourth-order valence-electron chi connectivity index (χ4n) is 1.50. The number of methoxy groups -OCH3 is 1. The molecule has 72 valence electrons. The molecule has 1 aliphatic heterocycles. The summed E-state index contributed by atoms with van der Waals surface area (Å²) in [5, 5.41) is 0. The average molecular weight is 247 g/mol. The highest BCUT2D eigenvalue weighted by molar-refractivity contribution is 9.10. The first-order chi connectivity index (χ1) is 6.33. The quantitative estimate of drug-likeness (QED) is 0.801. The lowest BCUT2D eigenvalue weighted by Crippen LogP contribution is -2.09. The molecule has 0 bridgehead atoms. The second-order valence-corrected chi connectivity index (χ2v) is 3.72. The highest BCUT2D eigenvalue weighted by Crippen LogP contribution is 2.31. The highest BCUT2D eigenvalue weighted by atomic mass is 79.9. The Morgan fingerprint density at radius 1 is 1.77 bits per heavy atom. The Hall–Kier alpha value is -0.550. The molecular weight excluding hydrogens is 236 g/mol. The molecule has 5 heteroatoms. The summed E-state index contributed by atoms with van der Waals surface area (Å²) in [5.74, 6) is 0. The molecule has 0 N–H and O–H groups in total. The van der Waals surface area contributed by atoms with Gasteiger partial charge in [-0.2, -0.15) is 0 Å². The molecule has 0 aromatic carbocycles. The average Bonchev–Trinajstić information content (AvgIpc) is 2.72. The number of imidazole rings is 1. The molecule has 4 nitrogen and oxygen atoms in total. The van der Waals surface area contributed by atoms with Crippen LogP contribution < -0.4 is 4.74 Å². The van der Waals surface area contributed by atoms with Gasteiger partial charge >= 0.3 is 0 Å². The van der Waals surface area contributed by atoms with Crippen molar-refractivity contribution in [1.29, 1.82) is 0 Å². The minimum Gasteiger partial charge on any atom is -0.468 e. The van der Waals surface area contributed by atoms with Crippen molar-refractivity contribution in [2.45, 2.75) is 19.1 Å². The van der Waals surface area contributed by atoms with Crippen molar-refractivity contribution in [2.75, 3.05) is 13.7 Å². The van der Waals surface area contributed by atoms with Gasteiger partial charge in [-0.15, -0.1) is 0 Å². The summed E-state index contributed by atoms with van der Waals surface area (Å²) < 4.78 is 13.5. The summed E-state index contributed by atoms with van der Waals surface area (Å²) in [4.78, 5) is 4.09. The van der Waals surface area contributed by atoms with Crippen molar-refractivity contribution in [1.82, 2.24) is 9.55 Å². The van der Waals surface area contributed by atoms with Crippen LogP contribution in [-0.2, 0) is 4.74 Å². The molecule has 1 aromatic rings. The lowest BCUT2D eigenvalue weighted by molar-refractivity contribution is 0.0484. The standard InChI is InChI=1S/C8H11BrN2O2/c1-12-8-10-5-6(9)11(8)7-3-2-4-13-7/h5,7H,2-4H2,1H3. The monoisotopic (exact) mass is 246 g/mol. The summed E-state index contributed by atoms with van der Waals surface area (Å²) >= 11 is 3.41. The van der Waals surface area contributed by atoms with Gasteiger partial charge in [-0.25, -0.2) is 4.98 Å². The molecule has 2 heterocycles. The second kappa shape index (κ2) is 3.67. The van der Waals surface area contributed by atoms with Crippen LogP contribution in [0.25, 0.3) is 0 Å². The van der Waals surface area contributed by atoms with Crippen LogP contribution in [0.1, 0.15) is 19.1 Å². The van der Waals surface area contributed by atoms with E-state index in [0.29, 0.717) is 6.01 Å². The molecule has 1 fully saturated rings. The maximum atomic E-state index is 5.53. The Morgan fingerprint density at radius 2 is 2.62 bits per heavy atom. The van der Waals surface area contributed by atoms with E-state index < -0.39 is 0 Å². The first-order valence-electron chi connectivity index (χ1n) is 4.21. The lowest BCUT2D eigenvalue weighted by atomic mass is 10.3. The van der Waals surface area contributed by atoms with E-state index in [0.717, 1.165) is 24.1 Å². The van der Waals surface area contributed by atoms with E-state index in [1.54, 1.807) is 13.3 Å². The van der Waals surface area contributed by atoms with Gasteiger partial charge in [0.25, 0.3) is 6.01 Å². The Bertz CT molecular complexity index is 294. The largest absolute Gasteiger partial charge is 0.468 e. The van der Waals surface area contributed by atoms with Crippen LogP contribution in [0.3, 0.4) is 0 Å². The number of ether oxygens (including phenoxy) is 2. The van der Waals surface area contributed by atoms with E-state index in [2.05, 4.69) is 20.9 Å². The van der Waals surface area contributed by atoms with E-state index in [1.165, 1.54) is 0 Å². The first-order valence-corrected chi connectivity index (χ1v) is 5.00. The highest BCUT2D eigenvalue weighted by Gasteiger charge is 2.22. The molecule has 0 aliphatic carbocycles. The minimum absolute atomic E-state index is 0.0758. The summed E-state index contributed by atoms with van der Waals surface area (Å²) in [5.41, 5.74) is 0. The third-order valence-corrected chi connectivity index (χ3v) is 2.68. The molecule has 1 atom stereocenters. The number of aromatic nitrogens is 2. The lowest BCUT2D eigenvalue weighted by Gasteiger charge is -2.14. The maximum Gasteiger partial charge on any atom is 0.299 e. The summed E-state index contributed by atoms with van der Waals surface area (Å²) in [6.07, 6.45) is 3.91. The van der Waals surface area contributed by atoms with Crippen molar-refractivity contribution >= 4 is 15.9 Å². The Balaban J connectivity index is 2.30. The van der Waals surface area contributed by atoms with Crippen LogP contribution in [0.2, 0.25) is 0 Å². The minimum atomic E-state index is 0.0758. The number of halogens is 1. The summed E-state index contributed by atoms with van der Waals surface area (Å²) in [6.45, 7) is 0.818. The van der Waals surface area contributed by atoms with E-state index in [1.807, 2.05) is 4.57 Å². The number of rotatable bonds is 2. The fraction of sp³-hybridized carbons (Fsp3) is 0.625. The van der Waals surface area contributed by atoms with Gasteiger partial charge in [-0.05, 0) is 28.8 Å². The zero-order valence-electron chi connectivity index (χ0n) is 7.36. The predicted octanol–water partition coefficient (Wildman–Crippen LogP) is 1.96. The van der Waals surface area contributed by atoms with Crippen LogP contribution in [0, 0.1) is 0 Å². The van der Waals surface area contributed by atoms with E-state index in [-0.39, 0.29) is 6.23 Å². The molecule has 0 amide bonds. The van der Waals surface area contributed by atoms with Crippen LogP contribution in [0.4, 0.5) is 0 Å². The molecule has 1 unspecified atom stereocenters. The molecule has 1 aliphatic rings. The van der Waals surface area contributed by atoms with Gasteiger partial charge in [0.05, 0.1) is 13.3 Å². The van der Waals surface area contributed by atoms with Gasteiger partial charge in [-0.3, -0.25) is 4.57 Å².